The van der Waals surface area contributed by atoms with Gasteiger partial charge < -0.3 is 5.73 Å². The van der Waals surface area contributed by atoms with E-state index in [0.29, 0.717) is 0 Å². The van der Waals surface area contributed by atoms with Gasteiger partial charge in [0.05, 0.1) is 17.0 Å². The van der Waals surface area contributed by atoms with Gasteiger partial charge in [0, 0.05) is 0 Å². The molecule has 0 aliphatic carbocycles. The summed E-state index contributed by atoms with van der Waals surface area (Å²) in [4.78, 5) is 11.0. The number of benzene rings is 1. The number of nitrogens with two attached hydrogens (primary N) is 1. The molecule has 0 bridgehead atoms. The van der Waals surface area contributed by atoms with Crippen molar-refractivity contribution in [1.29, 1.82) is 0 Å². The van der Waals surface area contributed by atoms with Gasteiger partial charge in [-0.2, -0.15) is 0 Å². The van der Waals surface area contributed by atoms with Gasteiger partial charge in [0.15, 0.2) is 0 Å². The summed E-state index contributed by atoms with van der Waals surface area (Å²) in [5.41, 5.74) is 5.43. The fraction of sp³-hybridized carbons (Fsp3) is 0.100. The van der Waals surface area contributed by atoms with Gasteiger partial charge >= 0.3 is 0 Å². The highest BCUT2D eigenvalue weighted by Crippen LogP contribution is 2.15. The van der Waals surface area contributed by atoms with Gasteiger partial charge in [0.1, 0.15) is 0 Å². The van der Waals surface area contributed by atoms with Crippen LogP contribution in [-0.4, -0.2) is 20.1 Å². The minimum atomic E-state index is -3.52. The van der Waals surface area contributed by atoms with E-state index in [1.807, 2.05) is 0 Å². The van der Waals surface area contributed by atoms with Crippen LogP contribution < -0.4 is 10.5 Å². The number of primary amides is 1. The fourth-order valence-corrected chi connectivity index (χ4v) is 2.06. The van der Waals surface area contributed by atoms with E-state index in [-0.39, 0.29) is 17.0 Å². The Morgan fingerprint density at radius 3 is 2.62 bits per heavy atom. The van der Waals surface area contributed by atoms with Gasteiger partial charge in [-0.3, -0.25) is 9.52 Å². The Hall–Kier alpha value is -1.82. The molecule has 1 aromatic carbocycles. The molecule has 1 aromatic rings. The lowest BCUT2D eigenvalue weighted by molar-refractivity contribution is 0.100. The van der Waals surface area contributed by atoms with E-state index >= 15 is 0 Å². The van der Waals surface area contributed by atoms with Crippen LogP contribution in [0.2, 0.25) is 0 Å². The molecule has 1 amide bonds. The first-order valence-electron chi connectivity index (χ1n) is 4.46. The third-order valence-corrected chi connectivity index (χ3v) is 3.00. The van der Waals surface area contributed by atoms with Crippen molar-refractivity contribution in [2.45, 2.75) is 0 Å². The molecule has 16 heavy (non-hydrogen) atoms. The Balaban J connectivity index is 3.06. The number of anilines is 1. The maximum atomic E-state index is 11.4. The van der Waals surface area contributed by atoms with Crippen LogP contribution >= 0.6 is 0 Å². The first-order valence-corrected chi connectivity index (χ1v) is 6.12. The molecule has 0 aliphatic rings. The highest BCUT2D eigenvalue weighted by atomic mass is 32.2. The van der Waals surface area contributed by atoms with Crippen LogP contribution in [0.25, 0.3) is 0 Å². The zero-order valence-electron chi connectivity index (χ0n) is 8.51. The standard InChI is InChI=1S/C10H12N2O3S/c1-2-7-16(14,15)12-9-6-4-3-5-8(9)10(11)13/h2-6,12H,1,7H2,(H2,11,13). The molecule has 0 saturated heterocycles. The summed E-state index contributed by atoms with van der Waals surface area (Å²) in [6, 6.07) is 6.14. The third kappa shape index (κ3) is 3.09. The van der Waals surface area contributed by atoms with E-state index in [9.17, 15) is 13.2 Å². The average Bonchev–Trinajstić information content (AvgIpc) is 2.17. The number of para-hydroxylation sites is 1. The highest BCUT2D eigenvalue weighted by Gasteiger charge is 2.13. The van der Waals surface area contributed by atoms with Crippen molar-refractivity contribution >= 4 is 21.6 Å². The molecule has 0 radical (unpaired) electrons. The number of hydrogen-bond donors (Lipinski definition) is 2. The molecular weight excluding hydrogens is 228 g/mol. The monoisotopic (exact) mass is 240 g/mol. The molecule has 0 atom stereocenters. The number of amides is 1. The summed E-state index contributed by atoms with van der Waals surface area (Å²) in [5, 5.41) is 0. The van der Waals surface area contributed by atoms with E-state index in [1.165, 1.54) is 18.2 Å². The lowest BCUT2D eigenvalue weighted by Gasteiger charge is -2.09. The molecule has 5 nitrogen and oxygen atoms in total. The van der Waals surface area contributed by atoms with Crippen molar-refractivity contribution in [3.05, 3.63) is 42.5 Å². The first kappa shape index (κ1) is 12.3. The van der Waals surface area contributed by atoms with Gasteiger partial charge in [0.2, 0.25) is 10.0 Å². The molecule has 0 unspecified atom stereocenters. The van der Waals surface area contributed by atoms with Gasteiger partial charge in [0.25, 0.3) is 5.91 Å². The quantitative estimate of drug-likeness (QED) is 0.743. The molecule has 86 valence electrons. The number of nitrogens with one attached hydrogen (secondary N) is 1. The van der Waals surface area contributed by atoms with Crippen molar-refractivity contribution in [2.75, 3.05) is 10.5 Å². The van der Waals surface area contributed by atoms with Crippen LogP contribution in [0.4, 0.5) is 5.69 Å². The highest BCUT2D eigenvalue weighted by molar-refractivity contribution is 7.92. The third-order valence-electron chi connectivity index (χ3n) is 1.80. The molecular formula is C10H12N2O3S. The second-order valence-electron chi connectivity index (χ2n) is 3.08. The van der Waals surface area contributed by atoms with E-state index in [0.717, 1.165) is 0 Å². The minimum absolute atomic E-state index is 0.134. The molecule has 0 aliphatic heterocycles. The normalized spacial score (nSPS) is 10.8. The summed E-state index contributed by atoms with van der Waals surface area (Å²) >= 11 is 0. The van der Waals surface area contributed by atoms with Crippen LogP contribution in [-0.2, 0) is 10.0 Å². The average molecular weight is 240 g/mol. The molecule has 6 heteroatoms. The van der Waals surface area contributed by atoms with E-state index in [2.05, 4.69) is 11.3 Å². The predicted molar refractivity (Wildman–Crippen MR) is 62.6 cm³/mol. The summed E-state index contributed by atoms with van der Waals surface area (Å²) in [6.07, 6.45) is 1.26. The molecule has 0 aromatic heterocycles. The minimum Gasteiger partial charge on any atom is -0.366 e. The number of hydrogen-bond acceptors (Lipinski definition) is 3. The first-order chi connectivity index (χ1) is 7.46. The maximum Gasteiger partial charge on any atom is 0.250 e. The summed E-state index contributed by atoms with van der Waals surface area (Å²) in [6.45, 7) is 3.33. The van der Waals surface area contributed by atoms with Crippen LogP contribution in [0, 0.1) is 0 Å². The Kier molecular flexibility index (Phi) is 3.68. The zero-order chi connectivity index (χ0) is 12.2. The fourth-order valence-electron chi connectivity index (χ4n) is 1.15. The Morgan fingerprint density at radius 2 is 2.06 bits per heavy atom. The Morgan fingerprint density at radius 1 is 1.44 bits per heavy atom. The SMILES string of the molecule is C=CCS(=O)(=O)Nc1ccccc1C(N)=O. The van der Waals surface area contributed by atoms with Crippen molar-refractivity contribution in [2.24, 2.45) is 5.73 Å². The molecule has 3 N–H and O–H groups in total. The summed E-state index contributed by atoms with van der Waals surface area (Å²) in [5.74, 6) is -0.906. The molecule has 0 saturated carbocycles. The lowest BCUT2D eigenvalue weighted by atomic mass is 10.2. The lowest BCUT2D eigenvalue weighted by Crippen LogP contribution is -2.19. The van der Waals surface area contributed by atoms with Crippen molar-refractivity contribution < 1.29 is 13.2 Å². The second kappa shape index (κ2) is 4.80. The Bertz CT molecular complexity index is 509. The Labute approximate surface area is 94.0 Å². The van der Waals surface area contributed by atoms with Crippen LogP contribution in [0.15, 0.2) is 36.9 Å². The number of sulfonamides is 1. The van der Waals surface area contributed by atoms with E-state index < -0.39 is 15.9 Å². The summed E-state index contributed by atoms with van der Waals surface area (Å²) in [7, 11) is -3.52. The largest absolute Gasteiger partial charge is 0.366 e. The molecule has 0 fully saturated rings. The predicted octanol–water partition coefficient (Wildman–Crippen LogP) is 0.713. The van der Waals surface area contributed by atoms with Gasteiger partial charge in [-0.1, -0.05) is 18.2 Å². The molecule has 0 spiro atoms. The van der Waals surface area contributed by atoms with Crippen LogP contribution in [0.1, 0.15) is 10.4 Å². The van der Waals surface area contributed by atoms with Gasteiger partial charge in [-0.05, 0) is 12.1 Å². The van der Waals surface area contributed by atoms with Crippen molar-refractivity contribution in [1.82, 2.24) is 0 Å². The molecule has 1 rings (SSSR count). The van der Waals surface area contributed by atoms with E-state index in [1.54, 1.807) is 12.1 Å². The second-order valence-corrected chi connectivity index (χ2v) is 4.85. The summed E-state index contributed by atoms with van der Waals surface area (Å²) < 4.78 is 25.1. The maximum absolute atomic E-state index is 11.4. The number of carbonyl (C=O) groups excluding carboxylic acids is 1. The van der Waals surface area contributed by atoms with Crippen LogP contribution in [0.3, 0.4) is 0 Å². The number of rotatable bonds is 5. The topological polar surface area (TPSA) is 89.3 Å². The molecule has 0 heterocycles. The number of carbonyl (C=O) groups is 1. The zero-order valence-corrected chi connectivity index (χ0v) is 9.33. The smallest absolute Gasteiger partial charge is 0.250 e. The van der Waals surface area contributed by atoms with Crippen molar-refractivity contribution in [3.63, 3.8) is 0 Å². The van der Waals surface area contributed by atoms with Crippen LogP contribution in [0.5, 0.6) is 0 Å². The van der Waals surface area contributed by atoms with E-state index in [4.69, 9.17) is 5.73 Å². The van der Waals surface area contributed by atoms with Gasteiger partial charge in [-0.15, -0.1) is 6.58 Å². The van der Waals surface area contributed by atoms with Gasteiger partial charge in [-0.25, -0.2) is 8.42 Å². The van der Waals surface area contributed by atoms with Crippen molar-refractivity contribution in [3.8, 4) is 0 Å².